The van der Waals surface area contributed by atoms with Crippen LogP contribution in [0.25, 0.3) is 22.6 Å². The second-order valence-electron chi connectivity index (χ2n) is 11.0. The summed E-state index contributed by atoms with van der Waals surface area (Å²) >= 11 is 0. The Hall–Kier alpha value is -4.79. The number of carbonyl (C=O) groups excluding carboxylic acids is 1. The standard InChI is InChI=1S/C32H32N8O/c41-30(27-13-18-33-31(38-27)34-23-7-2-1-3-8-23)40-21-16-32(17-22-40)14-19-39(20-15-32)28-12-6-11-26(35-28)29-36-24-9-4-5-10-25(24)37-29/h1-13,18H,14-17,19-22H2,(H,36,37)(H,33,34,38). The molecule has 9 heteroatoms. The van der Waals surface area contributed by atoms with Crippen LogP contribution in [0, 0.1) is 5.41 Å². The Bertz CT molecular complexity index is 1630. The van der Waals surface area contributed by atoms with Crippen molar-refractivity contribution in [3.05, 3.63) is 90.8 Å². The number of aromatic nitrogens is 5. The van der Waals surface area contributed by atoms with Crippen LogP contribution < -0.4 is 10.2 Å². The highest BCUT2D eigenvalue weighted by Crippen LogP contribution is 2.42. The fourth-order valence-electron chi connectivity index (χ4n) is 6.05. The van der Waals surface area contributed by atoms with Crippen LogP contribution in [0.3, 0.4) is 0 Å². The average molecular weight is 545 g/mol. The summed E-state index contributed by atoms with van der Waals surface area (Å²) in [7, 11) is 0. The van der Waals surface area contributed by atoms with Crippen LogP contribution in [0.15, 0.2) is 85.1 Å². The molecule has 2 N–H and O–H groups in total. The predicted molar refractivity (Wildman–Crippen MR) is 160 cm³/mol. The van der Waals surface area contributed by atoms with E-state index in [-0.39, 0.29) is 11.3 Å². The normalized spacial score (nSPS) is 16.7. The zero-order valence-electron chi connectivity index (χ0n) is 22.8. The molecule has 2 aliphatic rings. The maximum absolute atomic E-state index is 13.3. The molecule has 2 aromatic carbocycles. The van der Waals surface area contributed by atoms with E-state index < -0.39 is 0 Å². The monoisotopic (exact) mass is 544 g/mol. The number of hydrogen-bond donors (Lipinski definition) is 2. The fraction of sp³-hybridized carbons (Fsp3) is 0.281. The molecule has 206 valence electrons. The van der Waals surface area contributed by atoms with Crippen molar-refractivity contribution in [3.63, 3.8) is 0 Å². The third kappa shape index (κ3) is 5.23. The molecule has 2 aliphatic heterocycles. The number of nitrogens with one attached hydrogen (secondary N) is 2. The lowest BCUT2D eigenvalue weighted by atomic mass is 9.71. The first-order chi connectivity index (χ1) is 20.1. The van der Waals surface area contributed by atoms with E-state index in [1.54, 1.807) is 12.3 Å². The summed E-state index contributed by atoms with van der Waals surface area (Å²) < 4.78 is 0. The Balaban J connectivity index is 0.965. The third-order valence-corrected chi connectivity index (χ3v) is 8.53. The number of amides is 1. The van der Waals surface area contributed by atoms with Crippen LogP contribution in [0.4, 0.5) is 17.5 Å². The van der Waals surface area contributed by atoms with Gasteiger partial charge in [0, 0.05) is 38.1 Å². The quantitative estimate of drug-likeness (QED) is 0.293. The summed E-state index contributed by atoms with van der Waals surface area (Å²) in [5, 5.41) is 3.18. The number of piperidine rings is 2. The Morgan fingerprint density at radius 3 is 2.34 bits per heavy atom. The van der Waals surface area contributed by atoms with Crippen molar-refractivity contribution < 1.29 is 4.79 Å². The minimum Gasteiger partial charge on any atom is -0.357 e. The molecule has 5 heterocycles. The highest BCUT2D eigenvalue weighted by Gasteiger charge is 2.39. The van der Waals surface area contributed by atoms with Crippen molar-refractivity contribution in [3.8, 4) is 11.5 Å². The number of imidazole rings is 1. The van der Waals surface area contributed by atoms with Crippen LogP contribution in [0.5, 0.6) is 0 Å². The predicted octanol–water partition coefficient (Wildman–Crippen LogP) is 5.68. The molecule has 5 aromatic rings. The number of benzene rings is 2. The molecule has 0 unspecified atom stereocenters. The maximum Gasteiger partial charge on any atom is 0.272 e. The molecule has 1 amide bonds. The Kier molecular flexibility index (Phi) is 6.54. The van der Waals surface area contributed by atoms with Crippen LogP contribution >= 0.6 is 0 Å². The van der Waals surface area contributed by atoms with Crippen molar-refractivity contribution in [2.75, 3.05) is 36.4 Å². The van der Waals surface area contributed by atoms with E-state index in [4.69, 9.17) is 9.97 Å². The number of nitrogens with zero attached hydrogens (tertiary/aromatic N) is 6. The van der Waals surface area contributed by atoms with Crippen LogP contribution in [-0.4, -0.2) is 61.9 Å². The van der Waals surface area contributed by atoms with Gasteiger partial charge in [0.25, 0.3) is 5.91 Å². The smallest absolute Gasteiger partial charge is 0.272 e. The lowest BCUT2D eigenvalue weighted by Crippen LogP contribution is -2.48. The number of aromatic amines is 1. The van der Waals surface area contributed by atoms with E-state index in [1.807, 2.05) is 65.6 Å². The van der Waals surface area contributed by atoms with Gasteiger partial charge in [-0.05, 0) is 73.6 Å². The first kappa shape index (κ1) is 25.2. The van der Waals surface area contributed by atoms with Gasteiger partial charge in [0.2, 0.25) is 5.95 Å². The molecule has 2 fully saturated rings. The molecule has 0 saturated carbocycles. The van der Waals surface area contributed by atoms with E-state index >= 15 is 0 Å². The van der Waals surface area contributed by atoms with E-state index in [2.05, 4.69) is 37.3 Å². The van der Waals surface area contributed by atoms with Gasteiger partial charge in [-0.3, -0.25) is 4.79 Å². The summed E-state index contributed by atoms with van der Waals surface area (Å²) in [4.78, 5) is 39.5. The number of likely N-dealkylation sites (tertiary alicyclic amines) is 1. The number of hydrogen-bond acceptors (Lipinski definition) is 7. The second-order valence-corrected chi connectivity index (χ2v) is 11.0. The Morgan fingerprint density at radius 1 is 0.780 bits per heavy atom. The largest absolute Gasteiger partial charge is 0.357 e. The summed E-state index contributed by atoms with van der Waals surface area (Å²) in [6.07, 6.45) is 5.87. The van der Waals surface area contributed by atoms with Gasteiger partial charge in [-0.1, -0.05) is 36.4 Å². The van der Waals surface area contributed by atoms with E-state index in [0.29, 0.717) is 11.6 Å². The number of carbonyl (C=O) groups is 1. The lowest BCUT2D eigenvalue weighted by molar-refractivity contribution is 0.0509. The molecule has 1 spiro atoms. The molecule has 0 bridgehead atoms. The second kappa shape index (κ2) is 10.6. The molecule has 41 heavy (non-hydrogen) atoms. The number of para-hydroxylation sites is 3. The van der Waals surface area contributed by atoms with E-state index in [9.17, 15) is 4.79 Å². The number of rotatable bonds is 5. The molecular weight excluding hydrogens is 512 g/mol. The molecule has 2 saturated heterocycles. The molecule has 0 aliphatic carbocycles. The maximum atomic E-state index is 13.3. The van der Waals surface area contributed by atoms with E-state index in [0.717, 1.165) is 85.9 Å². The number of fused-ring (bicyclic) bond motifs is 1. The van der Waals surface area contributed by atoms with Gasteiger partial charge in [-0.25, -0.2) is 19.9 Å². The number of H-pyrrole nitrogens is 1. The van der Waals surface area contributed by atoms with Crippen LogP contribution in [0.1, 0.15) is 36.2 Å². The summed E-state index contributed by atoms with van der Waals surface area (Å²) in [5.41, 5.74) is 4.42. The van der Waals surface area contributed by atoms with Gasteiger partial charge in [-0.15, -0.1) is 0 Å². The highest BCUT2D eigenvalue weighted by molar-refractivity contribution is 5.92. The lowest BCUT2D eigenvalue weighted by Gasteiger charge is -2.47. The SMILES string of the molecule is O=C(c1ccnc(Nc2ccccc2)n1)N1CCC2(CC1)CCN(c1cccc(-c3nc4ccccc4[nH]3)n1)CC2. The fourth-order valence-corrected chi connectivity index (χ4v) is 6.05. The topological polar surface area (TPSA) is 103 Å². The number of pyridine rings is 1. The molecule has 9 nitrogen and oxygen atoms in total. The summed E-state index contributed by atoms with van der Waals surface area (Å²) in [6.45, 7) is 3.43. The third-order valence-electron chi connectivity index (χ3n) is 8.53. The average Bonchev–Trinajstić information content (AvgIpc) is 3.47. The molecule has 0 radical (unpaired) electrons. The van der Waals surface area contributed by atoms with Crippen molar-refractivity contribution in [1.29, 1.82) is 0 Å². The minimum absolute atomic E-state index is 0.0256. The summed E-state index contributed by atoms with van der Waals surface area (Å²) in [6, 6.07) is 25.7. The van der Waals surface area contributed by atoms with Gasteiger partial charge in [0.05, 0.1) is 11.0 Å². The summed E-state index contributed by atoms with van der Waals surface area (Å²) in [5.74, 6) is 2.20. The number of anilines is 3. The Morgan fingerprint density at radius 2 is 1.54 bits per heavy atom. The van der Waals surface area contributed by atoms with Gasteiger partial charge in [0.15, 0.2) is 5.82 Å². The zero-order valence-corrected chi connectivity index (χ0v) is 22.8. The van der Waals surface area contributed by atoms with Gasteiger partial charge in [-0.2, -0.15) is 0 Å². The van der Waals surface area contributed by atoms with Crippen molar-refractivity contribution in [2.24, 2.45) is 5.41 Å². The highest BCUT2D eigenvalue weighted by atomic mass is 16.2. The van der Waals surface area contributed by atoms with Crippen molar-refractivity contribution in [2.45, 2.75) is 25.7 Å². The molecular formula is C32H32N8O. The molecule has 0 atom stereocenters. The van der Waals surface area contributed by atoms with E-state index in [1.165, 1.54) is 0 Å². The van der Waals surface area contributed by atoms with Gasteiger partial charge < -0.3 is 20.1 Å². The zero-order chi connectivity index (χ0) is 27.6. The molecule has 3 aromatic heterocycles. The van der Waals surface area contributed by atoms with Crippen LogP contribution in [-0.2, 0) is 0 Å². The van der Waals surface area contributed by atoms with Gasteiger partial charge >= 0.3 is 0 Å². The van der Waals surface area contributed by atoms with Crippen molar-refractivity contribution >= 4 is 34.4 Å². The molecule has 7 rings (SSSR count). The van der Waals surface area contributed by atoms with Crippen LogP contribution in [0.2, 0.25) is 0 Å². The first-order valence-corrected chi connectivity index (χ1v) is 14.3. The Labute approximate surface area is 238 Å². The first-order valence-electron chi connectivity index (χ1n) is 14.3. The van der Waals surface area contributed by atoms with Crippen molar-refractivity contribution in [1.82, 2.24) is 29.8 Å². The van der Waals surface area contributed by atoms with Gasteiger partial charge in [0.1, 0.15) is 17.2 Å². The minimum atomic E-state index is -0.0256.